The maximum atomic E-state index is 12.7. The third kappa shape index (κ3) is 9.85. The van der Waals surface area contributed by atoms with E-state index in [1.54, 1.807) is 0 Å². The molecule has 0 aliphatic rings. The molecule has 1 aromatic rings. The number of alkyl halides is 9. The van der Waals surface area contributed by atoms with Crippen LogP contribution in [0.15, 0.2) is 12.1 Å². The van der Waals surface area contributed by atoms with Crippen molar-refractivity contribution in [1.29, 1.82) is 0 Å². The number of benzene rings is 1. The van der Waals surface area contributed by atoms with Gasteiger partial charge in [0.25, 0.3) is 0 Å². The van der Waals surface area contributed by atoms with Crippen molar-refractivity contribution in [3.63, 3.8) is 0 Å². The van der Waals surface area contributed by atoms with Gasteiger partial charge in [0, 0.05) is 24.2 Å². The van der Waals surface area contributed by atoms with Gasteiger partial charge in [0.2, 0.25) is 0 Å². The van der Waals surface area contributed by atoms with Crippen LogP contribution in [-0.4, -0.2) is 36.7 Å². The number of rotatable bonds is 9. The quantitative estimate of drug-likeness (QED) is 0.509. The Bertz CT molecular complexity index is 724. The average molecular weight is 473 g/mol. The van der Waals surface area contributed by atoms with Crippen molar-refractivity contribution in [2.24, 2.45) is 17.6 Å². The van der Waals surface area contributed by atoms with E-state index in [9.17, 15) is 44.3 Å². The van der Waals surface area contributed by atoms with E-state index in [-0.39, 0.29) is 25.1 Å². The molecule has 1 aromatic carbocycles. The molecule has 0 spiro atoms. The Morgan fingerprint density at radius 3 is 1.68 bits per heavy atom. The van der Waals surface area contributed by atoms with E-state index in [1.807, 2.05) is 0 Å². The van der Waals surface area contributed by atoms with E-state index in [2.05, 4.69) is 14.2 Å². The summed E-state index contributed by atoms with van der Waals surface area (Å²) < 4.78 is 124. The highest BCUT2D eigenvalue weighted by Crippen LogP contribution is 2.42. The van der Waals surface area contributed by atoms with Crippen molar-refractivity contribution in [2.45, 2.75) is 38.9 Å². The zero-order valence-corrected chi connectivity index (χ0v) is 15.5. The Kier molecular flexibility index (Phi) is 8.28. The molecule has 3 N–H and O–H groups in total. The first-order valence-corrected chi connectivity index (χ1v) is 8.27. The van der Waals surface area contributed by atoms with E-state index in [0.717, 1.165) is 0 Å². The Morgan fingerprint density at radius 2 is 1.35 bits per heavy atom. The van der Waals surface area contributed by atoms with Crippen LogP contribution in [0, 0.1) is 11.8 Å². The first kappa shape index (κ1) is 26.5. The normalized spacial score (nSPS) is 14.7. The molecule has 0 bridgehead atoms. The molecule has 0 fully saturated rings. The Hall–Kier alpha value is -2.58. The van der Waals surface area contributed by atoms with E-state index in [1.165, 1.54) is 6.92 Å². The highest BCUT2D eigenvalue weighted by atomic mass is 19.4. The lowest BCUT2D eigenvalue weighted by Gasteiger charge is -2.23. The van der Waals surface area contributed by atoms with E-state index < -0.39 is 66.1 Å². The molecule has 6 nitrogen and oxygen atoms in total. The molecule has 0 saturated heterocycles. The summed E-state index contributed by atoms with van der Waals surface area (Å²) in [4.78, 5) is 11.1. The summed E-state index contributed by atoms with van der Waals surface area (Å²) in [5, 5.41) is 9.00. The van der Waals surface area contributed by atoms with Crippen LogP contribution in [-0.2, 0) is 11.2 Å². The Morgan fingerprint density at radius 1 is 0.935 bits per heavy atom. The van der Waals surface area contributed by atoms with Crippen LogP contribution in [0.1, 0.15) is 18.9 Å². The van der Waals surface area contributed by atoms with Gasteiger partial charge in [-0.1, -0.05) is 6.92 Å². The predicted molar refractivity (Wildman–Crippen MR) is 84.2 cm³/mol. The minimum absolute atomic E-state index is 0.101. The van der Waals surface area contributed by atoms with Crippen molar-refractivity contribution in [3.05, 3.63) is 17.7 Å². The molecule has 1 rings (SSSR count). The number of ether oxygens (including phenoxy) is 3. The van der Waals surface area contributed by atoms with Gasteiger partial charge in [-0.05, 0) is 18.8 Å². The fraction of sp³-hybridized carbons (Fsp3) is 0.562. The minimum Gasteiger partial charge on any atom is -0.481 e. The molecule has 15 heteroatoms. The van der Waals surface area contributed by atoms with Crippen LogP contribution in [0.5, 0.6) is 17.2 Å². The summed E-state index contributed by atoms with van der Waals surface area (Å²) in [6.07, 6.45) is -17.3. The van der Waals surface area contributed by atoms with Gasteiger partial charge >= 0.3 is 25.1 Å². The predicted octanol–water partition coefficient (Wildman–Crippen LogP) is 4.61. The van der Waals surface area contributed by atoms with Gasteiger partial charge in [-0.2, -0.15) is 0 Å². The SMILES string of the molecule is CC(Cc1c(OC(F)(F)F)cc(OC(F)(F)F)cc1OC(F)(F)F)CC(CN)C(=O)O. The molecule has 0 heterocycles. The smallest absolute Gasteiger partial charge is 0.481 e. The van der Waals surface area contributed by atoms with Crippen molar-refractivity contribution < 1.29 is 63.6 Å². The summed E-state index contributed by atoms with van der Waals surface area (Å²) in [6, 6.07) is 0.202. The molecule has 31 heavy (non-hydrogen) atoms. The van der Waals surface area contributed by atoms with Gasteiger partial charge in [0.15, 0.2) is 0 Å². The molecule has 0 radical (unpaired) electrons. The second-order valence-corrected chi connectivity index (χ2v) is 6.36. The van der Waals surface area contributed by atoms with Crippen LogP contribution in [0.4, 0.5) is 39.5 Å². The number of halogens is 9. The van der Waals surface area contributed by atoms with Crippen LogP contribution >= 0.6 is 0 Å². The first-order chi connectivity index (χ1) is 13.9. The molecule has 178 valence electrons. The van der Waals surface area contributed by atoms with Gasteiger partial charge in [-0.25, -0.2) is 0 Å². The molecular formula is C16H16F9NO5. The van der Waals surface area contributed by atoms with Gasteiger partial charge < -0.3 is 25.1 Å². The highest BCUT2D eigenvalue weighted by molar-refractivity contribution is 5.70. The van der Waals surface area contributed by atoms with Crippen LogP contribution in [0.25, 0.3) is 0 Å². The lowest BCUT2D eigenvalue weighted by molar-refractivity contribution is -0.278. The zero-order chi connectivity index (χ0) is 24.2. The Labute approximate surface area is 168 Å². The molecule has 2 atom stereocenters. The summed E-state index contributed by atoms with van der Waals surface area (Å²) in [7, 11) is 0. The van der Waals surface area contributed by atoms with Crippen LogP contribution in [0.2, 0.25) is 0 Å². The number of hydrogen-bond donors (Lipinski definition) is 2. The molecule has 0 amide bonds. The second kappa shape index (κ2) is 9.70. The standard InChI is InChI=1S/C16H16F9NO5/c1-7(2-8(6-26)13(27)28)3-10-11(30-15(20,21)22)4-9(29-14(17,18)19)5-12(10)31-16(23,24)25/h4-5,7-8H,2-3,6,26H2,1H3,(H,27,28). The van der Waals surface area contributed by atoms with Crippen molar-refractivity contribution in [1.82, 2.24) is 0 Å². The third-order valence-corrected chi connectivity index (χ3v) is 3.70. The monoisotopic (exact) mass is 473 g/mol. The fourth-order valence-corrected chi connectivity index (χ4v) is 2.64. The molecule has 0 aromatic heterocycles. The van der Waals surface area contributed by atoms with Gasteiger partial charge in [0.1, 0.15) is 17.2 Å². The van der Waals surface area contributed by atoms with E-state index in [4.69, 9.17) is 10.8 Å². The van der Waals surface area contributed by atoms with Crippen LogP contribution < -0.4 is 19.9 Å². The number of carboxylic acid groups (broad SMARTS) is 1. The van der Waals surface area contributed by atoms with E-state index in [0.29, 0.717) is 0 Å². The lowest BCUT2D eigenvalue weighted by atomic mass is 9.90. The van der Waals surface area contributed by atoms with Crippen molar-refractivity contribution >= 4 is 5.97 Å². The summed E-state index contributed by atoms with van der Waals surface area (Å²) in [5.74, 6) is -7.71. The summed E-state index contributed by atoms with van der Waals surface area (Å²) >= 11 is 0. The zero-order valence-electron chi connectivity index (χ0n) is 15.5. The summed E-state index contributed by atoms with van der Waals surface area (Å²) in [5.41, 5.74) is 4.38. The minimum atomic E-state index is -5.48. The van der Waals surface area contributed by atoms with Crippen molar-refractivity contribution in [3.8, 4) is 17.2 Å². The second-order valence-electron chi connectivity index (χ2n) is 6.36. The topological polar surface area (TPSA) is 91.0 Å². The van der Waals surface area contributed by atoms with Crippen LogP contribution in [0.3, 0.4) is 0 Å². The third-order valence-electron chi connectivity index (χ3n) is 3.70. The maximum absolute atomic E-state index is 12.7. The van der Waals surface area contributed by atoms with E-state index >= 15 is 0 Å². The molecule has 0 saturated carbocycles. The van der Waals surface area contributed by atoms with Gasteiger partial charge in [-0.15, -0.1) is 39.5 Å². The molecular weight excluding hydrogens is 457 g/mol. The van der Waals surface area contributed by atoms with Gasteiger partial charge in [-0.3, -0.25) is 4.79 Å². The van der Waals surface area contributed by atoms with Gasteiger partial charge in [0.05, 0.1) is 5.92 Å². The number of aliphatic carboxylic acids is 1. The summed E-state index contributed by atoms with van der Waals surface area (Å²) in [6.45, 7) is 0.927. The fourth-order valence-electron chi connectivity index (χ4n) is 2.64. The molecule has 0 aliphatic carbocycles. The number of carboxylic acids is 1. The largest absolute Gasteiger partial charge is 0.573 e. The van der Waals surface area contributed by atoms with Crippen molar-refractivity contribution in [2.75, 3.05) is 6.54 Å². The highest BCUT2D eigenvalue weighted by Gasteiger charge is 2.38. The number of hydrogen-bond acceptors (Lipinski definition) is 5. The molecule has 0 aliphatic heterocycles. The number of carbonyl (C=O) groups is 1. The molecule has 2 unspecified atom stereocenters. The Balaban J connectivity index is 3.48. The first-order valence-electron chi connectivity index (χ1n) is 8.27. The lowest BCUT2D eigenvalue weighted by Crippen LogP contribution is -2.26. The average Bonchev–Trinajstić information content (AvgIpc) is 2.51. The maximum Gasteiger partial charge on any atom is 0.573 e. The number of nitrogens with two attached hydrogens (primary N) is 1.